The maximum absolute atomic E-state index is 5.72. The molecular weight excluding hydrogens is 246 g/mol. The smallest absolute Gasteiger partial charge is 0.163 e. The summed E-state index contributed by atoms with van der Waals surface area (Å²) in [5.74, 6) is -0.429. The number of nitrogens with one attached hydrogen (secondary N) is 1. The monoisotopic (exact) mass is 275 g/mol. The molecule has 114 valence electrons. The Balaban J connectivity index is 2.01. The summed E-state index contributed by atoms with van der Waals surface area (Å²) in [5, 5.41) is 3.39. The van der Waals surface area contributed by atoms with E-state index in [9.17, 15) is 0 Å². The number of ether oxygens (including phenoxy) is 4. The van der Waals surface area contributed by atoms with Crippen LogP contribution in [0.5, 0.6) is 0 Å². The van der Waals surface area contributed by atoms with Gasteiger partial charge in [-0.3, -0.25) is 0 Å². The molecule has 1 atom stereocenters. The Morgan fingerprint density at radius 1 is 1.26 bits per heavy atom. The van der Waals surface area contributed by atoms with E-state index in [1.54, 1.807) is 0 Å². The van der Waals surface area contributed by atoms with Gasteiger partial charge in [-0.15, -0.1) is 0 Å². The minimum atomic E-state index is -0.429. The predicted octanol–water partition coefficient (Wildman–Crippen LogP) is 1.91. The molecule has 0 saturated carbocycles. The minimum Gasteiger partial charge on any atom is -0.353 e. The molecule has 1 aliphatic rings. The summed E-state index contributed by atoms with van der Waals surface area (Å²) in [6, 6.07) is 0. The minimum absolute atomic E-state index is 0.0678. The lowest BCUT2D eigenvalue weighted by atomic mass is 10.3. The molecule has 0 spiro atoms. The summed E-state index contributed by atoms with van der Waals surface area (Å²) in [7, 11) is 0. The van der Waals surface area contributed by atoms with Crippen molar-refractivity contribution in [2.45, 2.75) is 58.7 Å². The average molecular weight is 275 g/mol. The van der Waals surface area contributed by atoms with Crippen LogP contribution in [-0.2, 0) is 18.9 Å². The highest BCUT2D eigenvalue weighted by Crippen LogP contribution is 2.21. The van der Waals surface area contributed by atoms with Gasteiger partial charge in [-0.2, -0.15) is 0 Å². The van der Waals surface area contributed by atoms with Crippen LogP contribution < -0.4 is 5.32 Å². The molecule has 0 aromatic heterocycles. The largest absolute Gasteiger partial charge is 0.353 e. The third-order valence-electron chi connectivity index (χ3n) is 2.94. The van der Waals surface area contributed by atoms with Gasteiger partial charge in [0.05, 0.1) is 12.7 Å². The summed E-state index contributed by atoms with van der Waals surface area (Å²) in [6.07, 6.45) is 2.04. The Morgan fingerprint density at radius 2 is 1.95 bits per heavy atom. The molecule has 0 aliphatic carbocycles. The molecule has 1 heterocycles. The molecule has 1 aliphatic heterocycles. The normalized spacial score (nSPS) is 22.3. The summed E-state index contributed by atoms with van der Waals surface area (Å²) in [4.78, 5) is 0. The first-order valence-corrected chi connectivity index (χ1v) is 7.33. The van der Waals surface area contributed by atoms with E-state index in [1.807, 2.05) is 27.7 Å². The summed E-state index contributed by atoms with van der Waals surface area (Å²) in [6.45, 7) is 11.7. The SMILES string of the molecule is CCOC(CCCNC[C@H]1COC(C)(C)O1)OCC. The van der Waals surface area contributed by atoms with Crippen molar-refractivity contribution in [2.24, 2.45) is 0 Å². The number of hydrogen-bond acceptors (Lipinski definition) is 5. The van der Waals surface area contributed by atoms with E-state index in [4.69, 9.17) is 18.9 Å². The molecule has 1 N–H and O–H groups in total. The van der Waals surface area contributed by atoms with Gasteiger partial charge in [0.2, 0.25) is 0 Å². The van der Waals surface area contributed by atoms with E-state index in [0.29, 0.717) is 19.8 Å². The third kappa shape index (κ3) is 7.22. The second-order valence-electron chi connectivity index (χ2n) is 5.14. The van der Waals surface area contributed by atoms with Gasteiger partial charge >= 0.3 is 0 Å². The van der Waals surface area contributed by atoms with Gasteiger partial charge < -0.3 is 24.3 Å². The van der Waals surface area contributed by atoms with Crippen molar-refractivity contribution in [2.75, 3.05) is 32.9 Å². The fourth-order valence-corrected chi connectivity index (χ4v) is 2.11. The first-order valence-electron chi connectivity index (χ1n) is 7.33. The van der Waals surface area contributed by atoms with E-state index in [1.165, 1.54) is 0 Å². The molecule has 0 radical (unpaired) electrons. The Kier molecular flexibility index (Phi) is 7.87. The van der Waals surface area contributed by atoms with Gasteiger partial charge in [0.15, 0.2) is 12.1 Å². The van der Waals surface area contributed by atoms with Crippen molar-refractivity contribution >= 4 is 0 Å². The van der Waals surface area contributed by atoms with Gasteiger partial charge in [-0.25, -0.2) is 0 Å². The summed E-state index contributed by atoms with van der Waals surface area (Å²) >= 11 is 0. The Morgan fingerprint density at radius 3 is 2.47 bits per heavy atom. The van der Waals surface area contributed by atoms with Crippen molar-refractivity contribution in [3.8, 4) is 0 Å². The van der Waals surface area contributed by atoms with Crippen LogP contribution in [0.2, 0.25) is 0 Å². The molecule has 0 bridgehead atoms. The first-order chi connectivity index (χ1) is 9.07. The van der Waals surface area contributed by atoms with Crippen LogP contribution >= 0.6 is 0 Å². The molecule has 0 aromatic carbocycles. The van der Waals surface area contributed by atoms with E-state index in [0.717, 1.165) is 25.9 Å². The zero-order chi connectivity index (χ0) is 14.1. The fraction of sp³-hybridized carbons (Fsp3) is 1.00. The second-order valence-corrected chi connectivity index (χ2v) is 5.14. The zero-order valence-electron chi connectivity index (χ0n) is 12.7. The number of hydrogen-bond donors (Lipinski definition) is 1. The lowest BCUT2D eigenvalue weighted by Crippen LogP contribution is -2.31. The highest BCUT2D eigenvalue weighted by atomic mass is 16.7. The standard InChI is InChI=1S/C14H29NO4/c1-5-16-13(17-6-2)8-7-9-15-10-12-11-18-14(3,4)19-12/h12-13,15H,5-11H2,1-4H3/t12-/m0/s1. The van der Waals surface area contributed by atoms with Crippen LogP contribution in [0.15, 0.2) is 0 Å². The summed E-state index contributed by atoms with van der Waals surface area (Å²) < 4.78 is 22.2. The van der Waals surface area contributed by atoms with Gasteiger partial charge in [-0.1, -0.05) is 0 Å². The first kappa shape index (κ1) is 16.9. The van der Waals surface area contributed by atoms with E-state index >= 15 is 0 Å². The molecule has 5 nitrogen and oxygen atoms in total. The van der Waals surface area contributed by atoms with E-state index in [-0.39, 0.29) is 12.4 Å². The molecule has 0 amide bonds. The van der Waals surface area contributed by atoms with Crippen LogP contribution in [0, 0.1) is 0 Å². The van der Waals surface area contributed by atoms with Gasteiger partial charge in [-0.05, 0) is 47.1 Å². The molecule has 1 saturated heterocycles. The fourth-order valence-electron chi connectivity index (χ4n) is 2.11. The van der Waals surface area contributed by atoms with E-state index < -0.39 is 5.79 Å². The predicted molar refractivity (Wildman–Crippen MR) is 74.0 cm³/mol. The maximum Gasteiger partial charge on any atom is 0.163 e. The van der Waals surface area contributed by atoms with Crippen molar-refractivity contribution in [3.63, 3.8) is 0 Å². The summed E-state index contributed by atoms with van der Waals surface area (Å²) in [5.41, 5.74) is 0. The van der Waals surface area contributed by atoms with Crippen molar-refractivity contribution in [1.82, 2.24) is 5.32 Å². The van der Waals surface area contributed by atoms with Gasteiger partial charge in [0.1, 0.15) is 0 Å². The van der Waals surface area contributed by atoms with Crippen LogP contribution in [-0.4, -0.2) is 51.1 Å². The van der Waals surface area contributed by atoms with Crippen LogP contribution in [0.3, 0.4) is 0 Å². The van der Waals surface area contributed by atoms with Crippen LogP contribution in [0.1, 0.15) is 40.5 Å². The average Bonchev–Trinajstić information content (AvgIpc) is 2.69. The molecule has 1 rings (SSSR count). The highest BCUT2D eigenvalue weighted by Gasteiger charge is 2.32. The maximum atomic E-state index is 5.72. The molecule has 0 aromatic rings. The topological polar surface area (TPSA) is 49.0 Å². The Bertz CT molecular complexity index is 225. The van der Waals surface area contributed by atoms with Crippen LogP contribution in [0.4, 0.5) is 0 Å². The van der Waals surface area contributed by atoms with Gasteiger partial charge in [0.25, 0.3) is 0 Å². The highest BCUT2D eigenvalue weighted by molar-refractivity contribution is 4.72. The van der Waals surface area contributed by atoms with Crippen molar-refractivity contribution in [3.05, 3.63) is 0 Å². The lowest BCUT2D eigenvalue weighted by Gasteiger charge is -2.18. The van der Waals surface area contributed by atoms with Crippen molar-refractivity contribution < 1.29 is 18.9 Å². The zero-order valence-corrected chi connectivity index (χ0v) is 12.7. The Hall–Kier alpha value is -0.200. The molecular formula is C14H29NO4. The van der Waals surface area contributed by atoms with Gasteiger partial charge in [0, 0.05) is 19.8 Å². The van der Waals surface area contributed by atoms with E-state index in [2.05, 4.69) is 5.32 Å². The molecule has 5 heteroatoms. The molecule has 0 unspecified atom stereocenters. The second kappa shape index (κ2) is 8.87. The Labute approximate surface area is 116 Å². The van der Waals surface area contributed by atoms with Crippen molar-refractivity contribution in [1.29, 1.82) is 0 Å². The van der Waals surface area contributed by atoms with Crippen LogP contribution in [0.25, 0.3) is 0 Å². The molecule has 1 fully saturated rings. The third-order valence-corrected chi connectivity index (χ3v) is 2.94. The molecule has 19 heavy (non-hydrogen) atoms. The quantitative estimate of drug-likeness (QED) is 0.487. The lowest BCUT2D eigenvalue weighted by molar-refractivity contribution is -0.140. The number of rotatable bonds is 10.